The molecule has 0 spiro atoms. The lowest BCUT2D eigenvalue weighted by Gasteiger charge is -2.11. The maximum atomic E-state index is 11.9. The summed E-state index contributed by atoms with van der Waals surface area (Å²) in [4.78, 5) is 11.9. The minimum Gasteiger partial charge on any atom is -0.467 e. The van der Waals surface area contributed by atoms with Crippen LogP contribution in [-0.2, 0) is 11.3 Å². The first kappa shape index (κ1) is 12.7. The molecule has 0 radical (unpaired) electrons. The van der Waals surface area contributed by atoms with Crippen molar-refractivity contribution >= 4 is 17.5 Å². The van der Waals surface area contributed by atoms with Crippen LogP contribution in [0.1, 0.15) is 24.4 Å². The van der Waals surface area contributed by atoms with Crippen LogP contribution >= 0.6 is 11.6 Å². The van der Waals surface area contributed by atoms with Gasteiger partial charge in [0.25, 0.3) is 0 Å². The van der Waals surface area contributed by atoms with E-state index in [9.17, 15) is 4.79 Å². The van der Waals surface area contributed by atoms with Gasteiger partial charge in [0.2, 0.25) is 5.91 Å². The monoisotopic (exact) mass is 267 g/mol. The fraction of sp³-hybridized carbons (Fsp3) is 0.333. The van der Waals surface area contributed by atoms with Crippen LogP contribution in [0, 0.1) is 6.92 Å². The first-order valence-corrected chi connectivity index (χ1v) is 5.97. The number of hydrogen-bond donors (Lipinski definition) is 1. The van der Waals surface area contributed by atoms with Gasteiger partial charge in [-0.1, -0.05) is 11.6 Å². The molecule has 2 aromatic rings. The van der Waals surface area contributed by atoms with E-state index < -0.39 is 6.04 Å². The van der Waals surface area contributed by atoms with Crippen molar-refractivity contribution in [1.29, 1.82) is 0 Å². The van der Waals surface area contributed by atoms with Crippen LogP contribution in [0.15, 0.2) is 29.0 Å². The highest BCUT2D eigenvalue weighted by Crippen LogP contribution is 2.15. The van der Waals surface area contributed by atoms with Gasteiger partial charge in [-0.15, -0.1) is 0 Å². The zero-order chi connectivity index (χ0) is 13.1. The van der Waals surface area contributed by atoms with Crippen molar-refractivity contribution in [2.45, 2.75) is 26.4 Å². The van der Waals surface area contributed by atoms with E-state index in [-0.39, 0.29) is 5.91 Å². The van der Waals surface area contributed by atoms with E-state index in [0.717, 1.165) is 0 Å². The number of carbonyl (C=O) groups is 1. The van der Waals surface area contributed by atoms with Gasteiger partial charge in [-0.25, -0.2) is 0 Å². The molecular weight excluding hydrogens is 254 g/mol. The third-order valence-electron chi connectivity index (χ3n) is 2.65. The first-order chi connectivity index (χ1) is 8.58. The lowest BCUT2D eigenvalue weighted by Crippen LogP contribution is -2.30. The van der Waals surface area contributed by atoms with Gasteiger partial charge in [-0.05, 0) is 26.0 Å². The molecule has 5 nitrogen and oxygen atoms in total. The molecular formula is C12H14ClN3O2. The number of nitrogens with zero attached hydrogens (tertiary/aromatic N) is 2. The molecule has 18 heavy (non-hydrogen) atoms. The van der Waals surface area contributed by atoms with Crippen LogP contribution < -0.4 is 5.32 Å². The molecule has 96 valence electrons. The zero-order valence-corrected chi connectivity index (χ0v) is 10.9. The second kappa shape index (κ2) is 5.27. The summed E-state index contributed by atoms with van der Waals surface area (Å²) in [6.45, 7) is 3.93. The topological polar surface area (TPSA) is 60.1 Å². The van der Waals surface area contributed by atoms with E-state index in [1.165, 1.54) is 0 Å². The van der Waals surface area contributed by atoms with E-state index in [4.69, 9.17) is 16.0 Å². The molecule has 0 aliphatic rings. The number of amides is 1. The summed E-state index contributed by atoms with van der Waals surface area (Å²) in [5.41, 5.74) is 0.711. The van der Waals surface area contributed by atoms with E-state index in [0.29, 0.717) is 23.0 Å². The molecule has 6 heteroatoms. The highest BCUT2D eigenvalue weighted by atomic mass is 35.5. The van der Waals surface area contributed by atoms with Crippen LogP contribution in [0.5, 0.6) is 0 Å². The number of carbonyl (C=O) groups excluding carboxylic acids is 1. The number of furan rings is 1. The summed E-state index contributed by atoms with van der Waals surface area (Å²) in [6.07, 6.45) is 3.22. The molecule has 0 fully saturated rings. The Kier molecular flexibility index (Phi) is 3.72. The lowest BCUT2D eigenvalue weighted by molar-refractivity contribution is -0.124. The van der Waals surface area contributed by atoms with Gasteiger partial charge in [0.1, 0.15) is 11.8 Å². The Morgan fingerprint density at radius 1 is 1.67 bits per heavy atom. The number of nitrogens with one attached hydrogen (secondary N) is 1. The summed E-state index contributed by atoms with van der Waals surface area (Å²) < 4.78 is 6.69. The van der Waals surface area contributed by atoms with Crippen LogP contribution in [0.4, 0.5) is 0 Å². The average molecular weight is 268 g/mol. The maximum absolute atomic E-state index is 11.9. The zero-order valence-electron chi connectivity index (χ0n) is 10.2. The quantitative estimate of drug-likeness (QED) is 0.925. The van der Waals surface area contributed by atoms with Crippen molar-refractivity contribution in [2.24, 2.45) is 0 Å². The molecule has 1 amide bonds. The van der Waals surface area contributed by atoms with Crippen molar-refractivity contribution in [3.05, 3.63) is 41.1 Å². The summed E-state index contributed by atoms with van der Waals surface area (Å²) in [5.74, 6) is 0.579. The third-order valence-corrected chi connectivity index (χ3v) is 3.02. The molecule has 0 aliphatic heterocycles. The van der Waals surface area contributed by atoms with Crippen molar-refractivity contribution in [2.75, 3.05) is 0 Å². The van der Waals surface area contributed by atoms with Crippen LogP contribution in [0.2, 0.25) is 5.02 Å². The molecule has 1 atom stereocenters. The minimum absolute atomic E-state index is 0.134. The SMILES string of the molecule is Cc1nn(C(C)C(=O)NCc2ccco2)cc1Cl. The smallest absolute Gasteiger partial charge is 0.244 e. The fourth-order valence-electron chi connectivity index (χ4n) is 1.51. The van der Waals surface area contributed by atoms with Gasteiger partial charge in [0.05, 0.1) is 23.5 Å². The predicted octanol–water partition coefficient (Wildman–Crippen LogP) is 2.32. The second-order valence-electron chi connectivity index (χ2n) is 4.02. The lowest BCUT2D eigenvalue weighted by atomic mass is 10.3. The summed E-state index contributed by atoms with van der Waals surface area (Å²) in [6, 6.07) is 3.17. The molecule has 0 aromatic carbocycles. The minimum atomic E-state index is -0.411. The van der Waals surface area contributed by atoms with Gasteiger partial charge in [-0.2, -0.15) is 5.10 Å². The fourth-order valence-corrected chi connectivity index (χ4v) is 1.65. The van der Waals surface area contributed by atoms with Crippen molar-refractivity contribution in [1.82, 2.24) is 15.1 Å². The van der Waals surface area contributed by atoms with Crippen LogP contribution in [-0.4, -0.2) is 15.7 Å². The molecule has 0 bridgehead atoms. The average Bonchev–Trinajstić information content (AvgIpc) is 2.96. The Morgan fingerprint density at radius 3 is 3.00 bits per heavy atom. The normalized spacial score (nSPS) is 12.4. The molecule has 0 saturated heterocycles. The van der Waals surface area contributed by atoms with Gasteiger partial charge in [-0.3, -0.25) is 9.48 Å². The predicted molar refractivity (Wildman–Crippen MR) is 67.2 cm³/mol. The summed E-state index contributed by atoms with van der Waals surface area (Å²) in [7, 11) is 0. The highest BCUT2D eigenvalue weighted by Gasteiger charge is 2.16. The Morgan fingerprint density at radius 2 is 2.44 bits per heavy atom. The Balaban J connectivity index is 1.96. The molecule has 2 rings (SSSR count). The largest absolute Gasteiger partial charge is 0.467 e. The highest BCUT2D eigenvalue weighted by molar-refractivity contribution is 6.31. The summed E-state index contributed by atoms with van der Waals surface area (Å²) in [5, 5.41) is 7.51. The number of rotatable bonds is 4. The van der Waals surface area contributed by atoms with Crippen molar-refractivity contribution in [3.8, 4) is 0 Å². The molecule has 0 aliphatic carbocycles. The Bertz CT molecular complexity index is 514. The number of hydrogen-bond acceptors (Lipinski definition) is 3. The molecule has 1 N–H and O–H groups in total. The van der Waals surface area contributed by atoms with E-state index in [2.05, 4.69) is 10.4 Å². The number of aryl methyl sites for hydroxylation is 1. The Hall–Kier alpha value is -1.75. The maximum Gasteiger partial charge on any atom is 0.244 e. The van der Waals surface area contributed by atoms with Gasteiger partial charge in [0, 0.05) is 6.20 Å². The molecule has 2 heterocycles. The van der Waals surface area contributed by atoms with Gasteiger partial charge in [0.15, 0.2) is 0 Å². The Labute approximate surface area is 110 Å². The standard InChI is InChI=1S/C12H14ClN3O2/c1-8-11(13)7-16(15-8)9(2)12(17)14-6-10-4-3-5-18-10/h3-5,7,9H,6H2,1-2H3,(H,14,17). The van der Waals surface area contributed by atoms with E-state index >= 15 is 0 Å². The number of halogens is 1. The van der Waals surface area contributed by atoms with Crippen molar-refractivity contribution < 1.29 is 9.21 Å². The third kappa shape index (κ3) is 2.73. The summed E-state index contributed by atoms with van der Waals surface area (Å²) >= 11 is 5.91. The molecule has 1 unspecified atom stereocenters. The van der Waals surface area contributed by atoms with E-state index in [1.807, 2.05) is 0 Å². The van der Waals surface area contributed by atoms with E-state index in [1.54, 1.807) is 43.1 Å². The second-order valence-corrected chi connectivity index (χ2v) is 4.42. The van der Waals surface area contributed by atoms with Gasteiger partial charge >= 0.3 is 0 Å². The molecule has 0 saturated carbocycles. The van der Waals surface area contributed by atoms with Crippen molar-refractivity contribution in [3.63, 3.8) is 0 Å². The van der Waals surface area contributed by atoms with Gasteiger partial charge < -0.3 is 9.73 Å². The molecule has 2 aromatic heterocycles. The number of aromatic nitrogens is 2. The van der Waals surface area contributed by atoms with Crippen LogP contribution in [0.3, 0.4) is 0 Å². The first-order valence-electron chi connectivity index (χ1n) is 5.59. The van der Waals surface area contributed by atoms with Crippen LogP contribution in [0.25, 0.3) is 0 Å².